The van der Waals surface area contributed by atoms with Gasteiger partial charge in [0.15, 0.2) is 4.80 Å². The minimum atomic E-state index is -3.82. The Labute approximate surface area is 164 Å². The fraction of sp³-hybridized carbons (Fsp3) is 0.0526. The quantitative estimate of drug-likeness (QED) is 0.503. The number of hydrogen-bond acceptors (Lipinski definition) is 4. The highest BCUT2D eigenvalue weighted by molar-refractivity contribution is 7.89. The molecule has 7 nitrogen and oxygen atoms in total. The van der Waals surface area contributed by atoms with Gasteiger partial charge in [-0.25, -0.2) is 13.6 Å². The number of nitrogens with one attached hydrogen (secondary N) is 1. The van der Waals surface area contributed by atoms with Crippen molar-refractivity contribution in [2.24, 2.45) is 10.1 Å². The smallest absolute Gasteiger partial charge is 0.281 e. The van der Waals surface area contributed by atoms with Crippen molar-refractivity contribution in [3.63, 3.8) is 0 Å². The van der Waals surface area contributed by atoms with Gasteiger partial charge in [-0.1, -0.05) is 35.6 Å². The SMILES string of the molecule is C=CCn1c(=NC(=O)c2c[nH]c3ccccc23)sc2cc(S(N)(=O)=O)ccc21. The standard InChI is InChI=1S/C19H16N4O3S2/c1-2-9-23-16-8-7-12(28(20,25)26)10-17(16)27-19(23)22-18(24)14-11-21-15-6-4-3-5-13(14)15/h2-8,10-11,21H,1,9H2,(H2,20,25,26). The van der Waals surface area contributed by atoms with Crippen molar-refractivity contribution < 1.29 is 13.2 Å². The number of carbonyl (C=O) groups is 1. The molecule has 1 amide bonds. The summed E-state index contributed by atoms with van der Waals surface area (Å²) in [7, 11) is -3.82. The maximum Gasteiger partial charge on any atom is 0.281 e. The van der Waals surface area contributed by atoms with Gasteiger partial charge in [-0.2, -0.15) is 4.99 Å². The molecule has 0 unspecified atom stereocenters. The molecular formula is C19H16N4O3S2. The fourth-order valence-electron chi connectivity index (χ4n) is 3.02. The van der Waals surface area contributed by atoms with Gasteiger partial charge in [0.2, 0.25) is 10.0 Å². The van der Waals surface area contributed by atoms with Gasteiger partial charge in [0, 0.05) is 23.6 Å². The number of allylic oxidation sites excluding steroid dienone is 1. The zero-order chi connectivity index (χ0) is 19.9. The number of primary sulfonamides is 1. The van der Waals surface area contributed by atoms with E-state index in [-0.39, 0.29) is 10.8 Å². The van der Waals surface area contributed by atoms with E-state index < -0.39 is 10.0 Å². The lowest BCUT2D eigenvalue weighted by molar-refractivity contribution is 0.0999. The Kier molecular flexibility index (Phi) is 4.50. The molecule has 2 heterocycles. The second-order valence-electron chi connectivity index (χ2n) is 6.12. The summed E-state index contributed by atoms with van der Waals surface area (Å²) in [4.78, 5) is 20.6. The van der Waals surface area contributed by atoms with Crippen LogP contribution in [0.5, 0.6) is 0 Å². The lowest BCUT2D eigenvalue weighted by Crippen LogP contribution is -2.16. The highest BCUT2D eigenvalue weighted by Gasteiger charge is 2.14. The average Bonchev–Trinajstić information content (AvgIpc) is 3.23. The first-order valence-corrected chi connectivity index (χ1v) is 10.7. The number of amides is 1. The highest BCUT2D eigenvalue weighted by atomic mass is 32.2. The van der Waals surface area contributed by atoms with E-state index in [0.29, 0.717) is 21.6 Å². The second kappa shape index (κ2) is 6.86. The van der Waals surface area contributed by atoms with E-state index in [1.54, 1.807) is 18.3 Å². The number of thiazole rings is 1. The lowest BCUT2D eigenvalue weighted by Gasteiger charge is -2.02. The van der Waals surface area contributed by atoms with Crippen LogP contribution >= 0.6 is 11.3 Å². The van der Waals surface area contributed by atoms with Crippen LogP contribution in [0.3, 0.4) is 0 Å². The molecule has 3 N–H and O–H groups in total. The first kappa shape index (κ1) is 18.4. The van der Waals surface area contributed by atoms with E-state index in [1.807, 2.05) is 28.8 Å². The van der Waals surface area contributed by atoms with Gasteiger partial charge in [0.25, 0.3) is 5.91 Å². The van der Waals surface area contributed by atoms with Gasteiger partial charge >= 0.3 is 0 Å². The largest absolute Gasteiger partial charge is 0.360 e. The zero-order valence-electron chi connectivity index (χ0n) is 14.6. The van der Waals surface area contributed by atoms with Crippen molar-refractivity contribution in [1.82, 2.24) is 9.55 Å². The first-order chi connectivity index (χ1) is 13.4. The molecule has 0 fully saturated rings. The molecule has 2 aromatic carbocycles. The van der Waals surface area contributed by atoms with Gasteiger partial charge in [-0.05, 0) is 24.3 Å². The summed E-state index contributed by atoms with van der Waals surface area (Å²) in [6.45, 7) is 4.17. The molecule has 0 aliphatic carbocycles. The third-order valence-electron chi connectivity index (χ3n) is 4.31. The van der Waals surface area contributed by atoms with Crippen LogP contribution in [-0.2, 0) is 16.6 Å². The van der Waals surface area contributed by atoms with Crippen LogP contribution in [0.4, 0.5) is 0 Å². The minimum Gasteiger partial charge on any atom is -0.360 e. The molecule has 0 atom stereocenters. The molecule has 0 spiro atoms. The first-order valence-electron chi connectivity index (χ1n) is 8.31. The van der Waals surface area contributed by atoms with Crippen molar-refractivity contribution in [2.75, 3.05) is 0 Å². The van der Waals surface area contributed by atoms with E-state index in [4.69, 9.17) is 5.14 Å². The Morgan fingerprint density at radius 1 is 1.29 bits per heavy atom. The maximum absolute atomic E-state index is 12.8. The van der Waals surface area contributed by atoms with E-state index in [9.17, 15) is 13.2 Å². The molecule has 142 valence electrons. The van der Waals surface area contributed by atoms with Crippen molar-refractivity contribution in [3.8, 4) is 0 Å². The number of rotatable bonds is 4. The summed E-state index contributed by atoms with van der Waals surface area (Å²) >= 11 is 1.22. The molecule has 0 aliphatic rings. The number of benzene rings is 2. The number of aromatic nitrogens is 2. The maximum atomic E-state index is 12.8. The number of carbonyl (C=O) groups excluding carboxylic acids is 1. The summed E-state index contributed by atoms with van der Waals surface area (Å²) < 4.78 is 25.7. The van der Waals surface area contributed by atoms with E-state index in [0.717, 1.165) is 16.4 Å². The minimum absolute atomic E-state index is 0.0153. The van der Waals surface area contributed by atoms with Crippen LogP contribution in [0.2, 0.25) is 0 Å². The second-order valence-corrected chi connectivity index (χ2v) is 8.69. The molecule has 0 saturated heterocycles. The topological polar surface area (TPSA) is 110 Å². The van der Waals surface area contributed by atoms with Crippen LogP contribution in [-0.4, -0.2) is 23.9 Å². The van der Waals surface area contributed by atoms with Crippen molar-refractivity contribution in [3.05, 3.63) is 71.7 Å². The van der Waals surface area contributed by atoms with Gasteiger partial charge in [0.05, 0.1) is 20.7 Å². The Bertz CT molecular complexity index is 1410. The molecular weight excluding hydrogens is 396 g/mol. The van der Waals surface area contributed by atoms with Gasteiger partial charge in [0.1, 0.15) is 0 Å². The Hall–Kier alpha value is -3.01. The number of fused-ring (bicyclic) bond motifs is 2. The van der Waals surface area contributed by atoms with Crippen molar-refractivity contribution in [1.29, 1.82) is 0 Å². The molecule has 4 rings (SSSR count). The summed E-state index contributed by atoms with van der Waals surface area (Å²) in [5.41, 5.74) is 2.08. The summed E-state index contributed by atoms with van der Waals surface area (Å²) in [6, 6.07) is 12.1. The number of aromatic amines is 1. The molecule has 28 heavy (non-hydrogen) atoms. The van der Waals surface area contributed by atoms with Crippen LogP contribution in [0, 0.1) is 0 Å². The van der Waals surface area contributed by atoms with E-state index in [1.165, 1.54) is 23.5 Å². The van der Waals surface area contributed by atoms with Crippen molar-refractivity contribution >= 4 is 48.4 Å². The normalized spacial score (nSPS) is 12.7. The summed E-state index contributed by atoms with van der Waals surface area (Å²) in [6.07, 6.45) is 3.33. The predicted molar refractivity (Wildman–Crippen MR) is 110 cm³/mol. The van der Waals surface area contributed by atoms with Gasteiger partial charge < -0.3 is 9.55 Å². The number of sulfonamides is 1. The third-order valence-corrected chi connectivity index (χ3v) is 6.26. The van der Waals surface area contributed by atoms with Gasteiger partial charge in [-0.3, -0.25) is 4.79 Å². The average molecular weight is 412 g/mol. The van der Waals surface area contributed by atoms with Gasteiger partial charge in [-0.15, -0.1) is 6.58 Å². The number of nitrogens with two attached hydrogens (primary N) is 1. The Morgan fingerprint density at radius 2 is 2.07 bits per heavy atom. The number of para-hydroxylation sites is 1. The number of hydrogen-bond donors (Lipinski definition) is 2. The van der Waals surface area contributed by atoms with Crippen LogP contribution in [0.15, 0.2) is 71.2 Å². The molecule has 0 bridgehead atoms. The van der Waals surface area contributed by atoms with E-state index >= 15 is 0 Å². The molecule has 0 radical (unpaired) electrons. The highest BCUT2D eigenvalue weighted by Crippen LogP contribution is 2.22. The summed E-state index contributed by atoms with van der Waals surface area (Å²) in [5.74, 6) is -0.381. The Balaban J connectivity index is 1.90. The number of nitrogens with zero attached hydrogens (tertiary/aromatic N) is 2. The monoisotopic (exact) mass is 412 g/mol. The molecule has 0 aliphatic heterocycles. The van der Waals surface area contributed by atoms with E-state index in [2.05, 4.69) is 16.6 Å². The number of H-pyrrole nitrogens is 1. The van der Waals surface area contributed by atoms with Crippen LogP contribution < -0.4 is 9.94 Å². The zero-order valence-corrected chi connectivity index (χ0v) is 16.3. The van der Waals surface area contributed by atoms with Crippen LogP contribution in [0.25, 0.3) is 21.1 Å². The fourth-order valence-corrected chi connectivity index (χ4v) is 4.71. The van der Waals surface area contributed by atoms with Crippen molar-refractivity contribution in [2.45, 2.75) is 11.4 Å². The molecule has 2 aromatic heterocycles. The molecule has 9 heteroatoms. The lowest BCUT2D eigenvalue weighted by atomic mass is 10.2. The molecule has 4 aromatic rings. The Morgan fingerprint density at radius 3 is 2.82 bits per heavy atom. The predicted octanol–water partition coefficient (Wildman–Crippen LogP) is 2.76. The van der Waals surface area contributed by atoms with Crippen LogP contribution in [0.1, 0.15) is 10.4 Å². The summed E-state index contributed by atoms with van der Waals surface area (Å²) in [5, 5.41) is 6.02. The third kappa shape index (κ3) is 3.19. The molecule has 0 saturated carbocycles.